The van der Waals surface area contributed by atoms with Crippen molar-refractivity contribution in [1.29, 1.82) is 0 Å². The van der Waals surface area contributed by atoms with Crippen molar-refractivity contribution in [1.82, 2.24) is 14.8 Å². The lowest BCUT2D eigenvalue weighted by atomic mass is 9.92. The molecule has 1 saturated carbocycles. The summed E-state index contributed by atoms with van der Waals surface area (Å²) in [5.74, 6) is -0.134. The molecule has 8 nitrogen and oxygen atoms in total. The molecule has 1 saturated heterocycles. The van der Waals surface area contributed by atoms with E-state index in [1.165, 1.54) is 17.1 Å². The molecule has 2 aliphatic rings. The molecule has 11 heteroatoms. The van der Waals surface area contributed by atoms with Gasteiger partial charge < -0.3 is 10.1 Å². The highest BCUT2D eigenvalue weighted by Crippen LogP contribution is 2.31. The lowest BCUT2D eigenvalue weighted by Crippen LogP contribution is -2.30. The van der Waals surface area contributed by atoms with Gasteiger partial charge in [-0.05, 0) is 38.0 Å². The normalized spacial score (nSPS) is 19.8. The van der Waals surface area contributed by atoms with Crippen molar-refractivity contribution in [2.75, 3.05) is 18.5 Å². The molecular weight excluding hydrogens is 431 g/mol. The van der Waals surface area contributed by atoms with E-state index in [2.05, 4.69) is 15.4 Å². The summed E-state index contributed by atoms with van der Waals surface area (Å²) in [4.78, 5) is 17.0. The van der Waals surface area contributed by atoms with E-state index in [1.54, 1.807) is 0 Å². The van der Waals surface area contributed by atoms with Crippen LogP contribution in [0.3, 0.4) is 0 Å². The number of anilines is 1. The molecular formula is C19H25FN4O4S2. The Hall–Kier alpha value is -1.85. The van der Waals surface area contributed by atoms with Crippen LogP contribution in [-0.2, 0) is 19.4 Å². The van der Waals surface area contributed by atoms with Gasteiger partial charge in [0.05, 0.1) is 17.6 Å². The SMILES string of the molecule is O=C(Nc1ncc(F)s1)C(CC1CCOCC1)n1cc(S(=O)(=O)C2CCCC2)cn1. The van der Waals surface area contributed by atoms with Gasteiger partial charge in [-0.15, -0.1) is 0 Å². The van der Waals surface area contributed by atoms with Crippen LogP contribution in [0.15, 0.2) is 23.5 Å². The number of sulfone groups is 1. The molecule has 0 aromatic carbocycles. The number of thiazole rings is 1. The van der Waals surface area contributed by atoms with Crippen LogP contribution >= 0.6 is 11.3 Å². The molecule has 2 aromatic heterocycles. The first-order valence-corrected chi connectivity index (χ1v) is 12.6. The van der Waals surface area contributed by atoms with Crippen molar-refractivity contribution in [2.45, 2.75) is 61.1 Å². The van der Waals surface area contributed by atoms with Crippen molar-refractivity contribution >= 4 is 32.2 Å². The monoisotopic (exact) mass is 456 g/mol. The number of hydrogen-bond acceptors (Lipinski definition) is 7. The van der Waals surface area contributed by atoms with Gasteiger partial charge in [0.25, 0.3) is 5.91 Å². The number of aromatic nitrogens is 3. The second kappa shape index (κ2) is 9.11. The molecule has 30 heavy (non-hydrogen) atoms. The summed E-state index contributed by atoms with van der Waals surface area (Å²) in [6.45, 7) is 1.27. The number of nitrogens with one attached hydrogen (secondary N) is 1. The molecule has 1 N–H and O–H groups in total. The van der Waals surface area contributed by atoms with Gasteiger partial charge in [-0.1, -0.05) is 24.2 Å². The summed E-state index contributed by atoms with van der Waals surface area (Å²) < 4.78 is 45.9. The first-order chi connectivity index (χ1) is 14.4. The minimum atomic E-state index is -3.46. The highest BCUT2D eigenvalue weighted by molar-refractivity contribution is 7.92. The van der Waals surface area contributed by atoms with Crippen LogP contribution in [0.2, 0.25) is 0 Å². The minimum absolute atomic E-state index is 0.152. The number of rotatable bonds is 7. The Labute approximate surface area is 178 Å². The first-order valence-electron chi connectivity index (χ1n) is 10.2. The average molecular weight is 457 g/mol. The van der Waals surface area contributed by atoms with Crippen molar-refractivity contribution < 1.29 is 22.3 Å². The number of carbonyl (C=O) groups excluding carboxylic acids is 1. The third-order valence-electron chi connectivity index (χ3n) is 5.87. The molecule has 1 atom stereocenters. The molecule has 0 spiro atoms. The van der Waals surface area contributed by atoms with E-state index >= 15 is 0 Å². The van der Waals surface area contributed by atoms with E-state index in [0.29, 0.717) is 32.5 Å². The minimum Gasteiger partial charge on any atom is -0.381 e. The lowest BCUT2D eigenvalue weighted by molar-refractivity contribution is -0.120. The number of ether oxygens (including phenoxy) is 1. The maximum atomic E-state index is 13.3. The Kier molecular flexibility index (Phi) is 6.49. The predicted octanol–water partition coefficient (Wildman–Crippen LogP) is 3.19. The van der Waals surface area contributed by atoms with Gasteiger partial charge in [0.2, 0.25) is 0 Å². The van der Waals surface area contributed by atoms with Crippen LogP contribution in [0.5, 0.6) is 0 Å². The number of carbonyl (C=O) groups is 1. The first kappa shape index (κ1) is 21.4. The molecule has 0 bridgehead atoms. The van der Waals surface area contributed by atoms with Crippen LogP contribution in [-0.4, -0.2) is 47.6 Å². The Balaban J connectivity index is 1.56. The second-order valence-electron chi connectivity index (χ2n) is 7.87. The smallest absolute Gasteiger partial charge is 0.251 e. The molecule has 1 aliphatic carbocycles. The van der Waals surface area contributed by atoms with Crippen LogP contribution in [0.25, 0.3) is 0 Å². The van der Waals surface area contributed by atoms with Gasteiger partial charge in [-0.25, -0.2) is 13.4 Å². The molecule has 164 valence electrons. The van der Waals surface area contributed by atoms with E-state index in [9.17, 15) is 17.6 Å². The molecule has 0 radical (unpaired) electrons. The van der Waals surface area contributed by atoms with Gasteiger partial charge in [0.15, 0.2) is 20.1 Å². The topological polar surface area (TPSA) is 103 Å². The van der Waals surface area contributed by atoms with E-state index in [-0.39, 0.29) is 27.1 Å². The van der Waals surface area contributed by atoms with Crippen molar-refractivity contribution in [3.05, 3.63) is 23.7 Å². The van der Waals surface area contributed by atoms with Gasteiger partial charge in [-0.3, -0.25) is 9.48 Å². The van der Waals surface area contributed by atoms with Crippen LogP contribution in [0, 0.1) is 11.0 Å². The Bertz CT molecular complexity index is 978. The zero-order chi connectivity index (χ0) is 21.1. The van der Waals surface area contributed by atoms with Crippen LogP contribution in [0.4, 0.5) is 9.52 Å². The molecule has 1 amide bonds. The third kappa shape index (κ3) is 4.73. The second-order valence-corrected chi connectivity index (χ2v) is 11.1. The quantitative estimate of drug-likeness (QED) is 0.686. The number of amides is 1. The zero-order valence-electron chi connectivity index (χ0n) is 16.5. The summed E-state index contributed by atoms with van der Waals surface area (Å²) >= 11 is 0.746. The molecule has 3 heterocycles. The summed E-state index contributed by atoms with van der Waals surface area (Å²) in [7, 11) is -3.46. The van der Waals surface area contributed by atoms with Crippen LogP contribution in [0.1, 0.15) is 51.0 Å². The van der Waals surface area contributed by atoms with Gasteiger partial charge in [0.1, 0.15) is 10.9 Å². The fourth-order valence-corrected chi connectivity index (χ4v) is 6.50. The van der Waals surface area contributed by atoms with E-state index in [1.807, 2.05) is 0 Å². The summed E-state index contributed by atoms with van der Waals surface area (Å²) in [5, 5.41) is 6.18. The standard InChI is InChI=1S/C19H25FN4O4S2/c20-17-11-21-19(29-17)23-18(25)16(9-13-5-7-28-8-6-13)24-12-15(10-22-24)30(26,27)14-3-1-2-4-14/h10-14,16H,1-9H2,(H,21,23,25). The highest BCUT2D eigenvalue weighted by atomic mass is 32.2. The maximum absolute atomic E-state index is 13.3. The number of nitrogens with zero attached hydrogens (tertiary/aromatic N) is 3. The van der Waals surface area contributed by atoms with Crippen molar-refractivity contribution in [3.8, 4) is 0 Å². The van der Waals surface area contributed by atoms with E-state index in [4.69, 9.17) is 4.74 Å². The van der Waals surface area contributed by atoms with E-state index < -0.39 is 21.0 Å². The van der Waals surface area contributed by atoms with Gasteiger partial charge in [-0.2, -0.15) is 9.49 Å². The fraction of sp³-hybridized carbons (Fsp3) is 0.632. The molecule has 1 aliphatic heterocycles. The Morgan fingerprint density at radius 1 is 1.27 bits per heavy atom. The molecule has 1 unspecified atom stereocenters. The molecule has 2 aromatic rings. The Morgan fingerprint density at radius 3 is 2.67 bits per heavy atom. The fourth-order valence-electron chi connectivity index (χ4n) is 4.16. The lowest BCUT2D eigenvalue weighted by Gasteiger charge is -2.26. The van der Waals surface area contributed by atoms with Gasteiger partial charge in [0, 0.05) is 19.4 Å². The molecule has 4 rings (SSSR count). The van der Waals surface area contributed by atoms with E-state index in [0.717, 1.165) is 43.2 Å². The molecule has 2 fully saturated rings. The summed E-state index contributed by atoms with van der Waals surface area (Å²) in [6.07, 6.45) is 9.13. The van der Waals surface area contributed by atoms with Crippen molar-refractivity contribution in [3.63, 3.8) is 0 Å². The van der Waals surface area contributed by atoms with Crippen molar-refractivity contribution in [2.24, 2.45) is 5.92 Å². The Morgan fingerprint density at radius 2 is 2.00 bits per heavy atom. The number of hydrogen-bond donors (Lipinski definition) is 1. The van der Waals surface area contributed by atoms with Gasteiger partial charge >= 0.3 is 0 Å². The largest absolute Gasteiger partial charge is 0.381 e. The maximum Gasteiger partial charge on any atom is 0.251 e. The van der Waals surface area contributed by atoms with Crippen LogP contribution < -0.4 is 5.32 Å². The zero-order valence-corrected chi connectivity index (χ0v) is 18.1. The average Bonchev–Trinajstić information content (AvgIpc) is 3.49. The predicted molar refractivity (Wildman–Crippen MR) is 110 cm³/mol. The highest BCUT2D eigenvalue weighted by Gasteiger charge is 2.33. The summed E-state index contributed by atoms with van der Waals surface area (Å²) in [5.41, 5.74) is 0. The third-order valence-corrected chi connectivity index (χ3v) is 8.79. The summed E-state index contributed by atoms with van der Waals surface area (Å²) in [6, 6.07) is -0.715. The number of halogens is 1.